The second-order valence-corrected chi connectivity index (χ2v) is 5.54. The summed E-state index contributed by atoms with van der Waals surface area (Å²) in [5, 5.41) is 12.0. The van der Waals surface area contributed by atoms with Gasteiger partial charge in [0.05, 0.1) is 0 Å². The van der Waals surface area contributed by atoms with Gasteiger partial charge in [-0.2, -0.15) is 0 Å². The van der Waals surface area contributed by atoms with E-state index in [4.69, 9.17) is 16.7 Å². The van der Waals surface area contributed by atoms with Gasteiger partial charge in [-0.1, -0.05) is 18.5 Å². The number of rotatable bonds is 7. The number of hydrogen-bond acceptors (Lipinski definition) is 2. The third-order valence-electron chi connectivity index (χ3n) is 3.08. The fraction of sp³-hybridized carbons (Fsp3) is 0.467. The molecule has 0 spiro atoms. The van der Waals surface area contributed by atoms with Crippen molar-refractivity contribution in [2.75, 3.05) is 6.54 Å². The molecule has 0 saturated carbocycles. The first-order valence-electron chi connectivity index (χ1n) is 6.65. The molecule has 110 valence electrons. The Hall–Kier alpha value is -1.55. The van der Waals surface area contributed by atoms with Crippen LogP contribution >= 0.6 is 11.6 Å². The van der Waals surface area contributed by atoms with Crippen molar-refractivity contribution in [1.29, 1.82) is 0 Å². The molecule has 1 unspecified atom stereocenters. The van der Waals surface area contributed by atoms with E-state index in [1.165, 1.54) is 0 Å². The smallest absolute Gasteiger partial charge is 0.303 e. The van der Waals surface area contributed by atoms with Crippen LogP contribution in [0.1, 0.15) is 42.1 Å². The average molecular weight is 298 g/mol. The lowest BCUT2D eigenvalue weighted by Gasteiger charge is -2.11. The summed E-state index contributed by atoms with van der Waals surface area (Å²) in [5.74, 6) is -0.663. The average Bonchev–Trinajstić information content (AvgIpc) is 2.35. The number of carboxylic acid groups (broad SMARTS) is 1. The predicted octanol–water partition coefficient (Wildman–Crippen LogP) is 3.27. The van der Waals surface area contributed by atoms with E-state index < -0.39 is 5.97 Å². The zero-order chi connectivity index (χ0) is 15.1. The lowest BCUT2D eigenvalue weighted by molar-refractivity contribution is -0.137. The van der Waals surface area contributed by atoms with Crippen molar-refractivity contribution in [3.63, 3.8) is 0 Å². The number of carbonyl (C=O) groups is 2. The minimum absolute atomic E-state index is 0.152. The van der Waals surface area contributed by atoms with Crippen LogP contribution in [0.2, 0.25) is 5.02 Å². The first-order chi connectivity index (χ1) is 9.38. The summed E-state index contributed by atoms with van der Waals surface area (Å²) >= 11 is 5.91. The van der Waals surface area contributed by atoms with Crippen LogP contribution in [-0.4, -0.2) is 23.5 Å². The molecule has 0 fully saturated rings. The van der Waals surface area contributed by atoms with Gasteiger partial charge in [0.2, 0.25) is 0 Å². The molecule has 2 N–H and O–H groups in total. The molecule has 1 atom stereocenters. The minimum Gasteiger partial charge on any atom is -0.481 e. The molecule has 5 heteroatoms. The molecule has 1 rings (SSSR count). The van der Waals surface area contributed by atoms with E-state index in [1.807, 2.05) is 13.8 Å². The number of aliphatic carboxylic acids is 1. The second-order valence-electron chi connectivity index (χ2n) is 5.10. The number of nitrogens with one attached hydrogen (secondary N) is 1. The molecule has 1 aromatic carbocycles. The zero-order valence-corrected chi connectivity index (χ0v) is 12.5. The summed E-state index contributed by atoms with van der Waals surface area (Å²) in [6, 6.07) is 5.22. The molecule has 1 amide bonds. The predicted molar refractivity (Wildman–Crippen MR) is 79.2 cm³/mol. The lowest BCUT2D eigenvalue weighted by atomic mass is 10.0. The Morgan fingerprint density at radius 1 is 1.30 bits per heavy atom. The molecule has 0 heterocycles. The molecule has 4 nitrogen and oxygen atoms in total. The molecule has 0 radical (unpaired) electrons. The molecule has 0 aliphatic carbocycles. The van der Waals surface area contributed by atoms with Gasteiger partial charge in [-0.3, -0.25) is 9.59 Å². The van der Waals surface area contributed by atoms with E-state index in [2.05, 4.69) is 5.32 Å². The van der Waals surface area contributed by atoms with E-state index in [1.54, 1.807) is 18.2 Å². The Morgan fingerprint density at radius 2 is 2.00 bits per heavy atom. The Kier molecular flexibility index (Phi) is 6.52. The molecule has 1 aromatic rings. The summed E-state index contributed by atoms with van der Waals surface area (Å²) in [5.41, 5.74) is 1.49. The number of aryl methyl sites for hydroxylation is 1. The largest absolute Gasteiger partial charge is 0.481 e. The van der Waals surface area contributed by atoms with Crippen molar-refractivity contribution in [3.05, 3.63) is 34.3 Å². The molecule has 0 aromatic heterocycles. The maximum atomic E-state index is 11.9. The highest BCUT2D eigenvalue weighted by Crippen LogP contribution is 2.14. The van der Waals surface area contributed by atoms with Crippen molar-refractivity contribution in [3.8, 4) is 0 Å². The zero-order valence-electron chi connectivity index (χ0n) is 11.8. The normalized spacial score (nSPS) is 11.9. The maximum absolute atomic E-state index is 11.9. The molecular weight excluding hydrogens is 278 g/mol. The number of benzene rings is 1. The van der Waals surface area contributed by atoms with Gasteiger partial charge in [0.15, 0.2) is 0 Å². The van der Waals surface area contributed by atoms with E-state index in [9.17, 15) is 9.59 Å². The first kappa shape index (κ1) is 16.5. The first-order valence-corrected chi connectivity index (χ1v) is 7.03. The second kappa shape index (κ2) is 7.90. The number of amides is 1. The van der Waals surface area contributed by atoms with Crippen LogP contribution in [0.25, 0.3) is 0 Å². The van der Waals surface area contributed by atoms with Crippen molar-refractivity contribution < 1.29 is 14.7 Å². The standard InChI is InChI=1S/C15H20ClNO3/c1-10(3-4-14(18)19)5-6-17-15(20)12-7-11(2)8-13(16)9-12/h7-10H,3-6H2,1-2H3,(H,17,20)(H,18,19). The van der Waals surface area contributed by atoms with Gasteiger partial charge in [0.1, 0.15) is 0 Å². The maximum Gasteiger partial charge on any atom is 0.303 e. The van der Waals surface area contributed by atoms with E-state index in [0.717, 1.165) is 12.0 Å². The molecule has 20 heavy (non-hydrogen) atoms. The summed E-state index contributed by atoms with van der Waals surface area (Å²) in [7, 11) is 0. The summed E-state index contributed by atoms with van der Waals surface area (Å²) < 4.78 is 0. The highest BCUT2D eigenvalue weighted by atomic mass is 35.5. The number of carbonyl (C=O) groups excluding carboxylic acids is 1. The van der Waals surface area contributed by atoms with E-state index >= 15 is 0 Å². The van der Waals surface area contributed by atoms with Crippen LogP contribution in [0.4, 0.5) is 0 Å². The summed E-state index contributed by atoms with van der Waals surface area (Å²) in [4.78, 5) is 22.4. The van der Waals surface area contributed by atoms with Gasteiger partial charge in [0.25, 0.3) is 5.91 Å². The van der Waals surface area contributed by atoms with Gasteiger partial charge in [-0.05, 0) is 49.4 Å². The third kappa shape index (κ3) is 6.06. The lowest BCUT2D eigenvalue weighted by Crippen LogP contribution is -2.25. The van der Waals surface area contributed by atoms with Crippen LogP contribution < -0.4 is 5.32 Å². The van der Waals surface area contributed by atoms with Crippen molar-refractivity contribution in [1.82, 2.24) is 5.32 Å². The molecule has 0 aliphatic rings. The highest BCUT2D eigenvalue weighted by molar-refractivity contribution is 6.31. The monoisotopic (exact) mass is 297 g/mol. The number of hydrogen-bond donors (Lipinski definition) is 2. The van der Waals surface area contributed by atoms with E-state index in [0.29, 0.717) is 23.6 Å². The number of halogens is 1. The molecule has 0 aliphatic heterocycles. The SMILES string of the molecule is Cc1cc(Cl)cc(C(=O)NCCC(C)CCC(=O)O)c1. The highest BCUT2D eigenvalue weighted by Gasteiger charge is 2.09. The fourth-order valence-corrected chi connectivity index (χ4v) is 2.21. The van der Waals surface area contributed by atoms with Crippen LogP contribution in [0.5, 0.6) is 0 Å². The Morgan fingerprint density at radius 3 is 2.60 bits per heavy atom. The van der Waals surface area contributed by atoms with Crippen LogP contribution in [0.15, 0.2) is 18.2 Å². The van der Waals surface area contributed by atoms with E-state index in [-0.39, 0.29) is 18.2 Å². The van der Waals surface area contributed by atoms with Gasteiger partial charge in [0, 0.05) is 23.6 Å². The van der Waals surface area contributed by atoms with Crippen LogP contribution in [-0.2, 0) is 4.79 Å². The third-order valence-corrected chi connectivity index (χ3v) is 3.30. The quantitative estimate of drug-likeness (QED) is 0.811. The summed E-state index contributed by atoms with van der Waals surface area (Å²) in [6.45, 7) is 4.40. The van der Waals surface area contributed by atoms with Crippen molar-refractivity contribution in [2.24, 2.45) is 5.92 Å². The van der Waals surface area contributed by atoms with Gasteiger partial charge >= 0.3 is 5.97 Å². The Bertz CT molecular complexity index is 468. The van der Waals surface area contributed by atoms with Crippen molar-refractivity contribution in [2.45, 2.75) is 33.1 Å². The van der Waals surface area contributed by atoms with Crippen LogP contribution in [0, 0.1) is 12.8 Å². The van der Waals surface area contributed by atoms with Gasteiger partial charge < -0.3 is 10.4 Å². The van der Waals surface area contributed by atoms with Gasteiger partial charge in [-0.15, -0.1) is 0 Å². The fourth-order valence-electron chi connectivity index (χ4n) is 1.92. The van der Waals surface area contributed by atoms with Gasteiger partial charge in [-0.25, -0.2) is 0 Å². The number of carboxylic acids is 1. The molecular formula is C15H20ClNO3. The topological polar surface area (TPSA) is 66.4 Å². The summed E-state index contributed by atoms with van der Waals surface area (Å²) in [6.07, 6.45) is 1.56. The minimum atomic E-state index is -0.782. The molecule has 0 saturated heterocycles. The Balaban J connectivity index is 2.38. The molecule has 0 bridgehead atoms. The van der Waals surface area contributed by atoms with Crippen molar-refractivity contribution >= 4 is 23.5 Å². The Labute approximate surface area is 124 Å². The van der Waals surface area contributed by atoms with Crippen LogP contribution in [0.3, 0.4) is 0 Å².